The molecule has 0 bridgehead atoms. The zero-order chi connectivity index (χ0) is 10.6. The molecule has 0 saturated carbocycles. The number of nitrogens with zero attached hydrogens (tertiary/aromatic N) is 2. The highest BCUT2D eigenvalue weighted by Crippen LogP contribution is 2.04. The first kappa shape index (κ1) is 10.9. The fourth-order valence-corrected chi connectivity index (χ4v) is 1.10. The van der Waals surface area contributed by atoms with Crippen molar-refractivity contribution in [3.05, 3.63) is 0 Å². The fraction of sp³-hybridized carbons (Fsp3) is 0.750. The number of carbonyl (C=O) groups excluding carboxylic acids is 1. The van der Waals surface area contributed by atoms with Gasteiger partial charge in [-0.25, -0.2) is 4.79 Å². The average molecular weight is 201 g/mol. The van der Waals surface area contributed by atoms with Gasteiger partial charge in [0.2, 0.25) is 0 Å². The lowest BCUT2D eigenvalue weighted by Gasteiger charge is -2.27. The summed E-state index contributed by atoms with van der Waals surface area (Å²) in [6, 6.07) is 0. The maximum atomic E-state index is 11.3. The van der Waals surface area contributed by atoms with Crippen LogP contribution in [0.25, 0.3) is 0 Å². The van der Waals surface area contributed by atoms with Crippen LogP contribution in [0.1, 0.15) is 6.92 Å². The van der Waals surface area contributed by atoms with E-state index in [-0.39, 0.29) is 5.84 Å². The lowest BCUT2D eigenvalue weighted by atomic mass is 10.3. The molecule has 6 nitrogen and oxygen atoms in total. The van der Waals surface area contributed by atoms with Gasteiger partial charge in [-0.1, -0.05) is 5.16 Å². The smallest absolute Gasteiger partial charge is 0.364 e. The minimum Gasteiger partial charge on any atom is -0.385 e. The Bertz CT molecular complexity index is 238. The van der Waals surface area contributed by atoms with Crippen LogP contribution in [0, 0.1) is 0 Å². The second-order valence-electron chi connectivity index (χ2n) is 3.26. The van der Waals surface area contributed by atoms with Gasteiger partial charge in [0.15, 0.2) is 6.10 Å². The molecule has 0 radical (unpaired) electrons. The number of oxime groups is 1. The fourth-order valence-electron chi connectivity index (χ4n) is 1.10. The Morgan fingerprint density at radius 3 is 3.00 bits per heavy atom. The summed E-state index contributed by atoms with van der Waals surface area (Å²) in [7, 11) is 1.92. The molecule has 0 aromatic carbocycles. The van der Waals surface area contributed by atoms with Gasteiger partial charge in [0.05, 0.1) is 6.61 Å². The molecular weight excluding hydrogens is 186 g/mol. The van der Waals surface area contributed by atoms with E-state index in [1.54, 1.807) is 6.92 Å². The highest BCUT2D eigenvalue weighted by Gasteiger charge is 2.26. The van der Waals surface area contributed by atoms with Gasteiger partial charge >= 0.3 is 5.97 Å². The van der Waals surface area contributed by atoms with Crippen LogP contribution in [-0.4, -0.2) is 49.6 Å². The summed E-state index contributed by atoms with van der Waals surface area (Å²) >= 11 is 0. The van der Waals surface area contributed by atoms with E-state index in [0.717, 1.165) is 6.54 Å². The van der Waals surface area contributed by atoms with Crippen LogP contribution in [0.2, 0.25) is 0 Å². The maximum absolute atomic E-state index is 11.3. The van der Waals surface area contributed by atoms with Crippen LogP contribution >= 0.6 is 0 Å². The Balaban J connectivity index is 2.40. The van der Waals surface area contributed by atoms with Crippen LogP contribution in [0.5, 0.6) is 0 Å². The molecule has 0 aromatic rings. The largest absolute Gasteiger partial charge is 0.385 e. The predicted molar refractivity (Wildman–Crippen MR) is 50.6 cm³/mol. The number of hydrogen-bond acceptors (Lipinski definition) is 5. The van der Waals surface area contributed by atoms with Crippen molar-refractivity contribution < 1.29 is 14.4 Å². The molecule has 1 rings (SSSR count). The molecule has 1 aliphatic heterocycles. The van der Waals surface area contributed by atoms with Gasteiger partial charge in [0, 0.05) is 13.1 Å². The van der Waals surface area contributed by atoms with E-state index >= 15 is 0 Å². The maximum Gasteiger partial charge on any atom is 0.364 e. The molecule has 2 N–H and O–H groups in total. The summed E-state index contributed by atoms with van der Waals surface area (Å²) in [5, 5.41) is 3.37. The zero-order valence-electron chi connectivity index (χ0n) is 8.40. The SMILES string of the molecule is C/C(N)=N\OC(=O)C1CN(C)CCO1. The minimum atomic E-state index is -0.558. The summed E-state index contributed by atoms with van der Waals surface area (Å²) in [6.45, 7) is 3.42. The van der Waals surface area contributed by atoms with Crippen molar-refractivity contribution in [3.8, 4) is 0 Å². The zero-order valence-corrected chi connectivity index (χ0v) is 8.40. The van der Waals surface area contributed by atoms with E-state index in [9.17, 15) is 4.79 Å². The molecule has 80 valence electrons. The summed E-state index contributed by atoms with van der Waals surface area (Å²) < 4.78 is 5.22. The number of morpholine rings is 1. The summed E-state index contributed by atoms with van der Waals surface area (Å²) in [6.07, 6.45) is -0.558. The second-order valence-corrected chi connectivity index (χ2v) is 3.26. The van der Waals surface area contributed by atoms with Gasteiger partial charge in [-0.2, -0.15) is 0 Å². The molecule has 1 unspecified atom stereocenters. The van der Waals surface area contributed by atoms with E-state index in [1.165, 1.54) is 0 Å². The third-order valence-corrected chi connectivity index (χ3v) is 1.81. The number of amidine groups is 1. The quantitative estimate of drug-likeness (QED) is 0.272. The molecule has 6 heteroatoms. The minimum absolute atomic E-state index is 0.211. The number of ether oxygens (including phenoxy) is 1. The molecular formula is C8H15N3O3. The Hall–Kier alpha value is -1.14. The molecule has 14 heavy (non-hydrogen) atoms. The van der Waals surface area contributed by atoms with Gasteiger partial charge in [-0.3, -0.25) is 0 Å². The van der Waals surface area contributed by atoms with Gasteiger partial charge in [-0.05, 0) is 14.0 Å². The van der Waals surface area contributed by atoms with Gasteiger partial charge in [0.1, 0.15) is 5.84 Å². The van der Waals surface area contributed by atoms with Crippen LogP contribution in [-0.2, 0) is 14.4 Å². The van der Waals surface area contributed by atoms with Crippen LogP contribution in [0.4, 0.5) is 0 Å². The highest BCUT2D eigenvalue weighted by molar-refractivity contribution is 5.79. The van der Waals surface area contributed by atoms with E-state index < -0.39 is 12.1 Å². The van der Waals surface area contributed by atoms with Gasteiger partial charge in [0.25, 0.3) is 0 Å². The molecule has 1 saturated heterocycles. The molecule has 1 heterocycles. The topological polar surface area (TPSA) is 77.2 Å². The summed E-state index contributed by atoms with van der Waals surface area (Å²) in [4.78, 5) is 17.9. The second kappa shape index (κ2) is 4.92. The van der Waals surface area contributed by atoms with Crippen molar-refractivity contribution in [3.63, 3.8) is 0 Å². The first-order chi connectivity index (χ1) is 6.59. The Labute approximate surface area is 82.6 Å². The third kappa shape index (κ3) is 3.31. The number of carbonyl (C=O) groups is 1. The van der Waals surface area contributed by atoms with E-state index in [1.807, 2.05) is 11.9 Å². The van der Waals surface area contributed by atoms with Crippen molar-refractivity contribution >= 4 is 11.8 Å². The predicted octanol–water partition coefficient (Wildman–Crippen LogP) is -0.848. The summed E-state index contributed by atoms with van der Waals surface area (Å²) in [5.41, 5.74) is 5.22. The molecule has 1 aliphatic rings. The molecule has 0 aliphatic carbocycles. The Kier molecular flexibility index (Phi) is 3.84. The number of rotatable bonds is 2. The van der Waals surface area contributed by atoms with Gasteiger partial charge < -0.3 is 20.2 Å². The van der Waals surface area contributed by atoms with E-state index in [0.29, 0.717) is 13.2 Å². The first-order valence-electron chi connectivity index (χ1n) is 4.40. The Morgan fingerprint density at radius 2 is 2.43 bits per heavy atom. The molecule has 0 spiro atoms. The highest BCUT2D eigenvalue weighted by atomic mass is 16.7. The van der Waals surface area contributed by atoms with Crippen molar-refractivity contribution in [2.24, 2.45) is 10.9 Å². The van der Waals surface area contributed by atoms with Crippen LogP contribution < -0.4 is 5.73 Å². The summed E-state index contributed by atoms with van der Waals surface area (Å²) in [5.74, 6) is -0.288. The number of likely N-dealkylation sites (N-methyl/N-ethyl adjacent to an activating group) is 1. The first-order valence-corrected chi connectivity index (χ1v) is 4.40. The van der Waals surface area contributed by atoms with Crippen molar-refractivity contribution in [1.82, 2.24) is 4.90 Å². The third-order valence-electron chi connectivity index (χ3n) is 1.81. The van der Waals surface area contributed by atoms with Gasteiger partial charge in [-0.15, -0.1) is 0 Å². The molecule has 1 atom stereocenters. The van der Waals surface area contributed by atoms with E-state index in [4.69, 9.17) is 10.5 Å². The normalized spacial score (nSPS) is 24.7. The molecule has 0 aromatic heterocycles. The lowest BCUT2D eigenvalue weighted by molar-refractivity contribution is -0.162. The van der Waals surface area contributed by atoms with Crippen molar-refractivity contribution in [1.29, 1.82) is 0 Å². The average Bonchev–Trinajstić information content (AvgIpc) is 2.14. The van der Waals surface area contributed by atoms with Crippen LogP contribution in [0.15, 0.2) is 5.16 Å². The lowest BCUT2D eigenvalue weighted by Crippen LogP contribution is -2.44. The molecule has 1 fully saturated rings. The van der Waals surface area contributed by atoms with E-state index in [2.05, 4.69) is 9.99 Å². The molecule has 0 amide bonds. The Morgan fingerprint density at radius 1 is 1.71 bits per heavy atom. The van der Waals surface area contributed by atoms with Crippen molar-refractivity contribution in [2.45, 2.75) is 13.0 Å². The monoisotopic (exact) mass is 201 g/mol. The number of nitrogens with two attached hydrogens (primary N) is 1. The van der Waals surface area contributed by atoms with Crippen LogP contribution in [0.3, 0.4) is 0 Å². The van der Waals surface area contributed by atoms with Crippen molar-refractivity contribution in [2.75, 3.05) is 26.7 Å². The standard InChI is InChI=1S/C8H15N3O3/c1-6(9)10-14-8(12)7-5-11(2)3-4-13-7/h7H,3-5H2,1-2H3,(H2,9,10). The number of hydrogen-bond donors (Lipinski definition) is 1.